The Morgan fingerprint density at radius 3 is 2.62 bits per heavy atom. The van der Waals surface area contributed by atoms with Crippen LogP contribution in [0.25, 0.3) is 5.65 Å². The first-order valence-electron chi connectivity index (χ1n) is 7.47. The van der Waals surface area contributed by atoms with Crippen LogP contribution in [0.4, 0.5) is 5.82 Å². The van der Waals surface area contributed by atoms with E-state index < -0.39 is 10.0 Å². The second-order valence-electron chi connectivity index (χ2n) is 5.41. The molecule has 0 saturated carbocycles. The van der Waals surface area contributed by atoms with Crippen LogP contribution in [0.3, 0.4) is 0 Å². The molecule has 0 amide bonds. The zero-order valence-corrected chi connectivity index (χ0v) is 13.5. The first-order valence-corrected chi connectivity index (χ1v) is 8.91. The zero-order valence-electron chi connectivity index (χ0n) is 12.7. The summed E-state index contributed by atoms with van der Waals surface area (Å²) in [5.41, 5.74) is 0.677. The van der Waals surface area contributed by atoms with E-state index in [2.05, 4.69) is 25.2 Å². The van der Waals surface area contributed by atoms with E-state index >= 15 is 0 Å². The lowest BCUT2D eigenvalue weighted by Crippen LogP contribution is -2.49. The zero-order chi connectivity index (χ0) is 16.6. The van der Waals surface area contributed by atoms with Crippen molar-refractivity contribution in [2.45, 2.75) is 4.90 Å². The summed E-state index contributed by atoms with van der Waals surface area (Å²) in [6.07, 6.45) is 4.48. The lowest BCUT2D eigenvalue weighted by Gasteiger charge is -2.34. The maximum absolute atomic E-state index is 12.6. The minimum atomic E-state index is -3.49. The molecule has 0 unspecified atom stereocenters. The molecule has 0 radical (unpaired) electrons. The molecule has 24 heavy (non-hydrogen) atoms. The van der Waals surface area contributed by atoms with Gasteiger partial charge < -0.3 is 4.90 Å². The Kier molecular flexibility index (Phi) is 3.62. The maximum atomic E-state index is 12.6. The van der Waals surface area contributed by atoms with Gasteiger partial charge in [0, 0.05) is 38.6 Å². The summed E-state index contributed by atoms with van der Waals surface area (Å²) in [6, 6.07) is 6.90. The molecule has 3 aromatic heterocycles. The summed E-state index contributed by atoms with van der Waals surface area (Å²) in [4.78, 5) is 6.17. The number of sulfonamides is 1. The summed E-state index contributed by atoms with van der Waals surface area (Å²) in [7, 11) is -3.49. The van der Waals surface area contributed by atoms with Crippen LogP contribution in [0, 0.1) is 0 Å². The first kappa shape index (κ1) is 15.0. The van der Waals surface area contributed by atoms with E-state index in [4.69, 9.17) is 0 Å². The molecule has 4 rings (SSSR count). The van der Waals surface area contributed by atoms with Gasteiger partial charge in [-0.1, -0.05) is 0 Å². The van der Waals surface area contributed by atoms with E-state index in [1.165, 1.54) is 10.5 Å². The molecular weight excluding hydrogens is 330 g/mol. The number of rotatable bonds is 3. The predicted molar refractivity (Wildman–Crippen MR) is 86.0 cm³/mol. The van der Waals surface area contributed by atoms with Crippen molar-refractivity contribution in [1.82, 2.24) is 29.1 Å². The normalized spacial score (nSPS) is 16.6. The number of anilines is 1. The van der Waals surface area contributed by atoms with Gasteiger partial charge in [0.1, 0.15) is 17.0 Å². The van der Waals surface area contributed by atoms with Crippen LogP contribution in [0.2, 0.25) is 0 Å². The van der Waals surface area contributed by atoms with Gasteiger partial charge in [-0.05, 0) is 24.3 Å². The molecule has 1 aliphatic rings. The van der Waals surface area contributed by atoms with Gasteiger partial charge in [-0.3, -0.25) is 4.98 Å². The van der Waals surface area contributed by atoms with Crippen LogP contribution in [0.1, 0.15) is 0 Å². The van der Waals surface area contributed by atoms with E-state index in [0.717, 1.165) is 5.82 Å². The number of hydrogen-bond donors (Lipinski definition) is 0. The second kappa shape index (κ2) is 5.80. The van der Waals surface area contributed by atoms with Crippen LogP contribution in [0.5, 0.6) is 0 Å². The fraction of sp³-hybridized carbons (Fsp3) is 0.286. The smallest absolute Gasteiger partial charge is 0.244 e. The number of hydrogen-bond acceptors (Lipinski definition) is 7. The van der Waals surface area contributed by atoms with Crippen LogP contribution in [0.15, 0.2) is 47.9 Å². The van der Waals surface area contributed by atoms with E-state index in [-0.39, 0.29) is 4.90 Å². The molecule has 0 N–H and O–H groups in total. The van der Waals surface area contributed by atoms with Gasteiger partial charge in [0.2, 0.25) is 10.0 Å². The lowest BCUT2D eigenvalue weighted by molar-refractivity contribution is 0.383. The average molecular weight is 345 g/mol. The van der Waals surface area contributed by atoms with Crippen molar-refractivity contribution in [1.29, 1.82) is 0 Å². The van der Waals surface area contributed by atoms with Gasteiger partial charge in [-0.25, -0.2) is 8.42 Å². The number of aromatic nitrogens is 5. The molecule has 0 atom stereocenters. The molecule has 0 bridgehead atoms. The highest BCUT2D eigenvalue weighted by molar-refractivity contribution is 7.89. The van der Waals surface area contributed by atoms with Gasteiger partial charge >= 0.3 is 0 Å². The summed E-state index contributed by atoms with van der Waals surface area (Å²) in [5.74, 6) is 0.778. The number of fused-ring (bicyclic) bond motifs is 1. The van der Waals surface area contributed by atoms with Gasteiger partial charge in [-0.2, -0.15) is 8.82 Å². The van der Waals surface area contributed by atoms with Gasteiger partial charge in [0.05, 0.1) is 0 Å². The third-order valence-corrected chi connectivity index (χ3v) is 5.86. The molecule has 10 heteroatoms. The monoisotopic (exact) mass is 345 g/mol. The Morgan fingerprint density at radius 1 is 1.04 bits per heavy atom. The molecule has 0 aromatic carbocycles. The summed E-state index contributed by atoms with van der Waals surface area (Å²) in [6.45, 7) is 1.94. The molecular formula is C14H15N7O2S. The van der Waals surface area contributed by atoms with Crippen molar-refractivity contribution >= 4 is 21.5 Å². The highest BCUT2D eigenvalue weighted by Crippen LogP contribution is 2.19. The summed E-state index contributed by atoms with van der Waals surface area (Å²) < 4.78 is 28.3. The van der Waals surface area contributed by atoms with Crippen molar-refractivity contribution in [3.05, 3.63) is 43.0 Å². The third-order valence-electron chi connectivity index (χ3n) is 3.98. The van der Waals surface area contributed by atoms with Crippen LogP contribution in [-0.4, -0.2) is 63.7 Å². The Hall–Kier alpha value is -2.59. The molecule has 1 saturated heterocycles. The van der Waals surface area contributed by atoms with Crippen molar-refractivity contribution < 1.29 is 8.42 Å². The van der Waals surface area contributed by atoms with Gasteiger partial charge in [-0.15, -0.1) is 15.3 Å². The average Bonchev–Trinajstić information content (AvgIpc) is 3.10. The fourth-order valence-corrected chi connectivity index (χ4v) is 4.08. The number of nitrogens with zero attached hydrogens (tertiary/aromatic N) is 7. The molecule has 124 valence electrons. The van der Waals surface area contributed by atoms with E-state index in [0.29, 0.717) is 31.8 Å². The standard InChI is InChI=1S/C14H15N7O2S/c22-24(23,12-2-1-5-15-10-12)20-8-6-19(7-9-20)14-4-3-13-17-16-11-21(13)18-14/h1-5,10-11H,6-9H2. The van der Waals surface area contributed by atoms with E-state index in [9.17, 15) is 8.42 Å². The van der Waals surface area contributed by atoms with Gasteiger partial charge in [0.15, 0.2) is 5.65 Å². The number of piperazine rings is 1. The van der Waals surface area contributed by atoms with Crippen molar-refractivity contribution in [2.75, 3.05) is 31.1 Å². The quantitative estimate of drug-likeness (QED) is 0.661. The highest BCUT2D eigenvalue weighted by atomic mass is 32.2. The largest absolute Gasteiger partial charge is 0.353 e. The van der Waals surface area contributed by atoms with Crippen LogP contribution < -0.4 is 4.90 Å². The van der Waals surface area contributed by atoms with Crippen LogP contribution in [-0.2, 0) is 10.0 Å². The molecule has 1 fully saturated rings. The van der Waals surface area contributed by atoms with Crippen molar-refractivity contribution in [3.63, 3.8) is 0 Å². The topological polar surface area (TPSA) is 96.6 Å². The number of pyridine rings is 1. The molecule has 9 nitrogen and oxygen atoms in total. The van der Waals surface area contributed by atoms with Crippen LogP contribution >= 0.6 is 0 Å². The van der Waals surface area contributed by atoms with Crippen molar-refractivity contribution in [2.24, 2.45) is 0 Å². The molecule has 3 aromatic rings. The maximum Gasteiger partial charge on any atom is 0.244 e. The van der Waals surface area contributed by atoms with E-state index in [1.807, 2.05) is 12.1 Å². The summed E-state index contributed by atoms with van der Waals surface area (Å²) in [5, 5.41) is 12.2. The molecule has 0 spiro atoms. The second-order valence-corrected chi connectivity index (χ2v) is 7.34. The molecule has 4 heterocycles. The fourth-order valence-electron chi connectivity index (χ4n) is 2.69. The molecule has 1 aliphatic heterocycles. The molecule has 0 aliphatic carbocycles. The Morgan fingerprint density at radius 2 is 1.88 bits per heavy atom. The summed E-state index contributed by atoms with van der Waals surface area (Å²) >= 11 is 0. The van der Waals surface area contributed by atoms with Gasteiger partial charge in [0.25, 0.3) is 0 Å². The SMILES string of the molecule is O=S(=O)(c1cccnc1)N1CCN(c2ccc3nncn3n2)CC1. The third kappa shape index (κ3) is 2.59. The Labute approximate surface area is 138 Å². The van der Waals surface area contributed by atoms with Crippen molar-refractivity contribution in [3.8, 4) is 0 Å². The Bertz CT molecular complexity index is 949. The lowest BCUT2D eigenvalue weighted by atomic mass is 10.3. The first-order chi connectivity index (χ1) is 11.6. The predicted octanol–water partition coefficient (Wildman–Crippen LogP) is 0.0302. The highest BCUT2D eigenvalue weighted by Gasteiger charge is 2.29. The minimum Gasteiger partial charge on any atom is -0.353 e. The minimum absolute atomic E-state index is 0.225. The Balaban J connectivity index is 1.50. The van der Waals surface area contributed by atoms with E-state index in [1.54, 1.807) is 29.2 Å².